The molecule has 2 aromatic rings. The van der Waals surface area contributed by atoms with Gasteiger partial charge in [-0.25, -0.2) is 9.82 Å². The summed E-state index contributed by atoms with van der Waals surface area (Å²) in [5, 5.41) is 16.7. The zero-order valence-corrected chi connectivity index (χ0v) is 7.55. The maximum absolute atomic E-state index is 12.5. The van der Waals surface area contributed by atoms with Crippen LogP contribution in [0.15, 0.2) is 29.4 Å². The molecule has 0 aliphatic heterocycles. The normalized spacial score (nSPS) is 10.7. The third-order valence-corrected chi connectivity index (χ3v) is 1.59. The largest absolute Gasteiger partial charge is 0.283 e. The lowest BCUT2D eigenvalue weighted by atomic mass is 10.2. The number of hydrogen-bond donors (Lipinski definition) is 2. The molecule has 1 heterocycles. The smallest absolute Gasteiger partial charge is 0.243 e. The van der Waals surface area contributed by atoms with Crippen LogP contribution in [0.4, 0.5) is 10.3 Å². The van der Waals surface area contributed by atoms with Crippen molar-refractivity contribution < 1.29 is 4.39 Å². The molecule has 0 saturated heterocycles. The van der Waals surface area contributed by atoms with Crippen LogP contribution < -0.4 is 5.43 Å². The molecule has 0 amide bonds. The molecule has 0 bridgehead atoms. The van der Waals surface area contributed by atoms with Gasteiger partial charge >= 0.3 is 0 Å². The van der Waals surface area contributed by atoms with Crippen molar-refractivity contribution in [2.24, 2.45) is 5.10 Å². The van der Waals surface area contributed by atoms with E-state index < -0.39 is 0 Å². The van der Waals surface area contributed by atoms with Gasteiger partial charge in [-0.1, -0.05) is 17.2 Å². The number of aromatic amines is 1. The van der Waals surface area contributed by atoms with Crippen LogP contribution in [0, 0.1) is 5.82 Å². The molecule has 0 saturated carbocycles. The maximum atomic E-state index is 12.5. The average molecular weight is 206 g/mol. The van der Waals surface area contributed by atoms with Crippen LogP contribution in [-0.4, -0.2) is 26.8 Å². The molecule has 0 unspecified atom stereocenters. The highest BCUT2D eigenvalue weighted by molar-refractivity contribution is 5.79. The molecular formula is C8H7FN6. The molecule has 0 atom stereocenters. The lowest BCUT2D eigenvalue weighted by Crippen LogP contribution is -1.92. The Balaban J connectivity index is 1.97. The predicted molar refractivity (Wildman–Crippen MR) is 51.8 cm³/mol. The third kappa shape index (κ3) is 2.56. The Morgan fingerprint density at radius 1 is 1.33 bits per heavy atom. The number of halogens is 1. The van der Waals surface area contributed by atoms with Crippen LogP contribution in [0.1, 0.15) is 5.56 Å². The van der Waals surface area contributed by atoms with Gasteiger partial charge in [0.15, 0.2) is 0 Å². The van der Waals surface area contributed by atoms with Crippen molar-refractivity contribution in [2.45, 2.75) is 0 Å². The third-order valence-electron chi connectivity index (χ3n) is 1.59. The fourth-order valence-electron chi connectivity index (χ4n) is 0.923. The Kier molecular flexibility index (Phi) is 2.63. The van der Waals surface area contributed by atoms with Crippen LogP contribution in [0.5, 0.6) is 0 Å². The van der Waals surface area contributed by atoms with E-state index in [0.717, 1.165) is 5.56 Å². The van der Waals surface area contributed by atoms with Crippen LogP contribution in [-0.2, 0) is 0 Å². The summed E-state index contributed by atoms with van der Waals surface area (Å²) < 4.78 is 12.5. The summed E-state index contributed by atoms with van der Waals surface area (Å²) in [6.45, 7) is 0. The van der Waals surface area contributed by atoms with E-state index in [2.05, 4.69) is 31.2 Å². The summed E-state index contributed by atoms with van der Waals surface area (Å²) in [5.74, 6) is -0.00774. The van der Waals surface area contributed by atoms with E-state index in [1.807, 2.05) is 0 Å². The molecule has 2 rings (SSSR count). The molecule has 0 aliphatic carbocycles. The molecule has 15 heavy (non-hydrogen) atoms. The van der Waals surface area contributed by atoms with E-state index in [-0.39, 0.29) is 11.8 Å². The van der Waals surface area contributed by atoms with E-state index in [1.165, 1.54) is 18.3 Å². The van der Waals surface area contributed by atoms with Crippen molar-refractivity contribution in [3.8, 4) is 0 Å². The van der Waals surface area contributed by atoms with E-state index in [1.54, 1.807) is 12.1 Å². The van der Waals surface area contributed by atoms with Crippen molar-refractivity contribution in [3.05, 3.63) is 35.6 Å². The Morgan fingerprint density at radius 2 is 2.13 bits per heavy atom. The van der Waals surface area contributed by atoms with Gasteiger partial charge in [0.2, 0.25) is 0 Å². The first-order chi connectivity index (χ1) is 7.34. The van der Waals surface area contributed by atoms with Crippen molar-refractivity contribution in [3.63, 3.8) is 0 Å². The predicted octanol–water partition coefficient (Wildman–Crippen LogP) is 0.785. The summed E-state index contributed by atoms with van der Waals surface area (Å²) in [6, 6.07) is 5.93. The summed E-state index contributed by atoms with van der Waals surface area (Å²) in [4.78, 5) is 0. The fourth-order valence-corrected chi connectivity index (χ4v) is 0.923. The van der Waals surface area contributed by atoms with Crippen LogP contribution >= 0.6 is 0 Å². The maximum Gasteiger partial charge on any atom is 0.283 e. The van der Waals surface area contributed by atoms with Gasteiger partial charge in [-0.15, -0.1) is 5.10 Å². The molecule has 2 N–H and O–H groups in total. The Labute approximate surface area is 84.2 Å². The number of tetrazole rings is 1. The van der Waals surface area contributed by atoms with E-state index in [9.17, 15) is 4.39 Å². The van der Waals surface area contributed by atoms with Crippen LogP contribution in [0.2, 0.25) is 0 Å². The first-order valence-corrected chi connectivity index (χ1v) is 4.13. The second kappa shape index (κ2) is 4.27. The average Bonchev–Trinajstić information content (AvgIpc) is 2.74. The highest BCUT2D eigenvalue weighted by Gasteiger charge is 1.92. The van der Waals surface area contributed by atoms with Crippen molar-refractivity contribution >= 4 is 12.2 Å². The number of nitrogens with zero attached hydrogens (tertiary/aromatic N) is 4. The number of rotatable bonds is 3. The van der Waals surface area contributed by atoms with E-state index >= 15 is 0 Å². The molecule has 1 aromatic carbocycles. The van der Waals surface area contributed by atoms with E-state index in [4.69, 9.17) is 0 Å². The van der Waals surface area contributed by atoms with Crippen LogP contribution in [0.3, 0.4) is 0 Å². The number of hydrogen-bond acceptors (Lipinski definition) is 5. The minimum absolute atomic E-state index is 0.272. The number of H-pyrrole nitrogens is 1. The highest BCUT2D eigenvalue weighted by atomic mass is 19.1. The second-order valence-corrected chi connectivity index (χ2v) is 2.66. The van der Waals surface area contributed by atoms with E-state index in [0.29, 0.717) is 0 Å². The number of nitrogens with one attached hydrogen (secondary N) is 2. The van der Waals surface area contributed by atoms with Gasteiger partial charge in [0.1, 0.15) is 5.82 Å². The molecule has 7 heteroatoms. The molecule has 6 nitrogen and oxygen atoms in total. The van der Waals surface area contributed by atoms with Gasteiger partial charge in [-0.3, -0.25) is 0 Å². The first-order valence-electron chi connectivity index (χ1n) is 4.13. The SMILES string of the molecule is Fc1ccc(/C=N/Nc2nn[nH]n2)cc1. The zero-order chi connectivity index (χ0) is 10.5. The summed E-state index contributed by atoms with van der Waals surface area (Å²) in [6.07, 6.45) is 1.52. The molecule has 0 spiro atoms. The summed E-state index contributed by atoms with van der Waals surface area (Å²) in [7, 11) is 0. The minimum Gasteiger partial charge on any atom is -0.243 e. The fraction of sp³-hybridized carbons (Fsp3) is 0. The Morgan fingerprint density at radius 3 is 2.80 bits per heavy atom. The van der Waals surface area contributed by atoms with Crippen molar-refractivity contribution in [1.29, 1.82) is 0 Å². The number of aromatic nitrogens is 4. The molecule has 76 valence electrons. The zero-order valence-electron chi connectivity index (χ0n) is 7.55. The number of benzene rings is 1. The van der Waals surface area contributed by atoms with Gasteiger partial charge in [0.25, 0.3) is 5.95 Å². The lowest BCUT2D eigenvalue weighted by Gasteiger charge is -1.92. The number of hydrazone groups is 1. The van der Waals surface area contributed by atoms with Gasteiger partial charge in [-0.2, -0.15) is 10.3 Å². The second-order valence-electron chi connectivity index (χ2n) is 2.66. The summed E-state index contributed by atoms with van der Waals surface area (Å²) >= 11 is 0. The first kappa shape index (κ1) is 9.25. The lowest BCUT2D eigenvalue weighted by molar-refractivity contribution is 0.628. The highest BCUT2D eigenvalue weighted by Crippen LogP contribution is 2.00. The van der Waals surface area contributed by atoms with Crippen molar-refractivity contribution in [1.82, 2.24) is 20.6 Å². The molecule has 0 fully saturated rings. The van der Waals surface area contributed by atoms with Crippen LogP contribution in [0.25, 0.3) is 0 Å². The molecule has 0 radical (unpaired) electrons. The quantitative estimate of drug-likeness (QED) is 0.574. The summed E-state index contributed by atoms with van der Waals surface area (Å²) in [5.41, 5.74) is 3.32. The molecule has 0 aliphatic rings. The Hall–Kier alpha value is -2.31. The van der Waals surface area contributed by atoms with Gasteiger partial charge in [-0.05, 0) is 22.9 Å². The van der Waals surface area contributed by atoms with Gasteiger partial charge in [0, 0.05) is 0 Å². The van der Waals surface area contributed by atoms with Gasteiger partial charge in [0.05, 0.1) is 6.21 Å². The topological polar surface area (TPSA) is 78.9 Å². The minimum atomic E-state index is -0.279. The monoisotopic (exact) mass is 206 g/mol. The van der Waals surface area contributed by atoms with Gasteiger partial charge < -0.3 is 0 Å². The standard InChI is InChI=1S/C8H7FN6/c9-7-3-1-6(2-4-7)5-10-11-8-12-14-15-13-8/h1-5H,(H2,11,12,13,14,15)/b10-5+. The number of anilines is 1. The van der Waals surface area contributed by atoms with Crippen molar-refractivity contribution in [2.75, 3.05) is 5.43 Å². The molecule has 1 aromatic heterocycles. The Bertz CT molecular complexity index is 435. The molecular weight excluding hydrogens is 199 g/mol.